The number of fused-ring (bicyclic) bond motifs is 1. The van der Waals surface area contributed by atoms with Crippen LogP contribution in [0, 0.1) is 11.6 Å². The van der Waals surface area contributed by atoms with Gasteiger partial charge in [0, 0.05) is 18.6 Å². The van der Waals surface area contributed by atoms with Gasteiger partial charge in [0.1, 0.15) is 17.4 Å². The first-order valence-electron chi connectivity index (χ1n) is 12.9. The number of carbonyl (C=O) groups is 1. The van der Waals surface area contributed by atoms with E-state index >= 15 is 0 Å². The van der Waals surface area contributed by atoms with Crippen LogP contribution in [-0.2, 0) is 11.2 Å². The molecule has 11 heteroatoms. The molecule has 7 nitrogen and oxygen atoms in total. The van der Waals surface area contributed by atoms with Crippen molar-refractivity contribution in [2.24, 2.45) is 5.10 Å². The number of methoxy groups -OCH3 is 1. The fourth-order valence-electron chi connectivity index (χ4n) is 4.84. The fraction of sp³-hybridized carbons (Fsp3) is 0.200. The number of benzene rings is 3. The van der Waals surface area contributed by atoms with Crippen LogP contribution in [0.5, 0.6) is 5.75 Å². The SMILES string of the molecule is COc1ccc(C2=NN(C(=O)CSc3nc4c(c(=O)n3-c3ccc(F)cc3)SCC4)C(c3ccc(F)cc3)C2)cc1. The highest BCUT2D eigenvalue weighted by atomic mass is 32.2. The highest BCUT2D eigenvalue weighted by Gasteiger charge is 2.33. The van der Waals surface area contributed by atoms with E-state index in [1.165, 1.54) is 57.7 Å². The smallest absolute Gasteiger partial charge is 0.272 e. The normalized spacial score (nSPS) is 16.0. The summed E-state index contributed by atoms with van der Waals surface area (Å²) in [4.78, 5) is 32.4. The minimum Gasteiger partial charge on any atom is -0.497 e. The van der Waals surface area contributed by atoms with Gasteiger partial charge in [-0.2, -0.15) is 5.10 Å². The number of halogens is 2. The van der Waals surface area contributed by atoms with Gasteiger partial charge in [-0.3, -0.25) is 14.2 Å². The summed E-state index contributed by atoms with van der Waals surface area (Å²) in [6.45, 7) is 0. The number of hydrazone groups is 1. The van der Waals surface area contributed by atoms with Crippen molar-refractivity contribution in [2.45, 2.75) is 28.9 Å². The third-order valence-corrected chi connectivity index (χ3v) is 8.95. The lowest BCUT2D eigenvalue weighted by Gasteiger charge is -2.22. The maximum atomic E-state index is 13.7. The Kier molecular flexibility index (Phi) is 7.63. The van der Waals surface area contributed by atoms with Crippen LogP contribution >= 0.6 is 23.5 Å². The Balaban J connectivity index is 1.31. The molecule has 4 aromatic rings. The number of hydrogen-bond acceptors (Lipinski definition) is 7. The Labute approximate surface area is 243 Å². The van der Waals surface area contributed by atoms with Gasteiger partial charge in [0.15, 0.2) is 5.16 Å². The number of aryl methyl sites for hydroxylation is 1. The van der Waals surface area contributed by atoms with E-state index in [-0.39, 0.29) is 23.0 Å². The van der Waals surface area contributed by atoms with Crippen molar-refractivity contribution in [1.29, 1.82) is 0 Å². The molecule has 0 N–H and O–H groups in total. The van der Waals surface area contributed by atoms with Gasteiger partial charge in [0.05, 0.1) is 40.9 Å². The molecule has 1 aromatic heterocycles. The predicted octanol–water partition coefficient (Wildman–Crippen LogP) is 5.64. The first-order valence-corrected chi connectivity index (χ1v) is 14.9. The molecular formula is C30H24F2N4O3S2. The number of aromatic nitrogens is 2. The molecule has 6 rings (SSSR count). The maximum Gasteiger partial charge on any atom is 0.272 e. The van der Waals surface area contributed by atoms with Crippen LogP contribution < -0.4 is 10.3 Å². The van der Waals surface area contributed by atoms with Crippen molar-refractivity contribution >= 4 is 35.1 Å². The van der Waals surface area contributed by atoms with Crippen LogP contribution in [0.25, 0.3) is 5.69 Å². The van der Waals surface area contributed by atoms with Crippen LogP contribution in [0.1, 0.15) is 29.3 Å². The van der Waals surface area contributed by atoms with E-state index in [4.69, 9.17) is 14.8 Å². The molecule has 0 spiro atoms. The van der Waals surface area contributed by atoms with Gasteiger partial charge < -0.3 is 4.74 Å². The molecule has 1 atom stereocenters. The van der Waals surface area contributed by atoms with Gasteiger partial charge in [-0.15, -0.1) is 11.8 Å². The quantitative estimate of drug-likeness (QED) is 0.205. The number of thioether (sulfide) groups is 2. The van der Waals surface area contributed by atoms with Gasteiger partial charge in [0.25, 0.3) is 11.5 Å². The van der Waals surface area contributed by atoms with Crippen LogP contribution in [0.15, 0.2) is 92.7 Å². The van der Waals surface area contributed by atoms with Gasteiger partial charge >= 0.3 is 0 Å². The van der Waals surface area contributed by atoms with Crippen molar-refractivity contribution in [1.82, 2.24) is 14.6 Å². The monoisotopic (exact) mass is 590 g/mol. The van der Waals surface area contributed by atoms with Crippen molar-refractivity contribution in [3.05, 3.63) is 112 Å². The summed E-state index contributed by atoms with van der Waals surface area (Å²) in [7, 11) is 1.59. The summed E-state index contributed by atoms with van der Waals surface area (Å²) in [6, 6.07) is 18.7. The highest BCUT2D eigenvalue weighted by molar-refractivity contribution is 8.00. The van der Waals surface area contributed by atoms with E-state index in [0.717, 1.165) is 34.4 Å². The summed E-state index contributed by atoms with van der Waals surface area (Å²) in [5.41, 5.74) is 3.27. The topological polar surface area (TPSA) is 76.8 Å². The van der Waals surface area contributed by atoms with Gasteiger partial charge in [-0.1, -0.05) is 23.9 Å². The molecule has 41 heavy (non-hydrogen) atoms. The second-order valence-corrected chi connectivity index (χ2v) is 11.5. The summed E-state index contributed by atoms with van der Waals surface area (Å²) < 4.78 is 34.0. The van der Waals surface area contributed by atoms with Crippen molar-refractivity contribution in [3.8, 4) is 11.4 Å². The molecule has 2 aliphatic rings. The first-order chi connectivity index (χ1) is 19.9. The average Bonchev–Trinajstić information content (AvgIpc) is 3.65. The Morgan fingerprint density at radius 3 is 2.39 bits per heavy atom. The van der Waals surface area contributed by atoms with Gasteiger partial charge in [0.2, 0.25) is 0 Å². The molecule has 0 saturated carbocycles. The van der Waals surface area contributed by atoms with E-state index in [2.05, 4.69) is 0 Å². The molecule has 0 radical (unpaired) electrons. The minimum atomic E-state index is -0.426. The van der Waals surface area contributed by atoms with E-state index in [1.807, 2.05) is 24.3 Å². The Hall–Kier alpha value is -3.96. The second-order valence-electron chi connectivity index (χ2n) is 9.46. The minimum absolute atomic E-state index is 0.0450. The molecule has 0 bridgehead atoms. The maximum absolute atomic E-state index is 13.7. The molecule has 2 aliphatic heterocycles. The third-order valence-electron chi connectivity index (χ3n) is 6.92. The molecule has 0 fully saturated rings. The number of hydrogen-bond donors (Lipinski definition) is 0. The summed E-state index contributed by atoms with van der Waals surface area (Å²) >= 11 is 2.59. The van der Waals surface area contributed by atoms with Crippen molar-refractivity contribution in [2.75, 3.05) is 18.6 Å². The number of rotatable bonds is 7. The van der Waals surface area contributed by atoms with E-state index in [9.17, 15) is 18.4 Å². The first kappa shape index (κ1) is 27.2. The van der Waals surface area contributed by atoms with E-state index in [0.29, 0.717) is 40.0 Å². The molecule has 1 amide bonds. The van der Waals surface area contributed by atoms with Gasteiger partial charge in [-0.05, 0) is 71.8 Å². The summed E-state index contributed by atoms with van der Waals surface area (Å²) in [6.07, 6.45) is 1.11. The molecule has 0 aliphatic carbocycles. The average molecular weight is 591 g/mol. The van der Waals surface area contributed by atoms with Crippen LogP contribution in [0.2, 0.25) is 0 Å². The second kappa shape index (κ2) is 11.5. The standard InChI is InChI=1S/C30H24F2N4O3S2/c1-39-23-12-4-18(5-13-23)25-16-26(19-2-6-20(31)7-3-19)36(34-25)27(37)17-41-30-33-24-14-15-40-28(24)29(38)35(30)22-10-8-21(32)9-11-22/h2-13,26H,14-17H2,1H3. The lowest BCUT2D eigenvalue weighted by atomic mass is 9.98. The van der Waals surface area contributed by atoms with Crippen LogP contribution in [-0.4, -0.2) is 44.8 Å². The van der Waals surface area contributed by atoms with Crippen molar-refractivity contribution in [3.63, 3.8) is 0 Å². The molecule has 3 aromatic carbocycles. The number of amides is 1. The number of ether oxygens (including phenoxy) is 1. The predicted molar refractivity (Wildman–Crippen MR) is 155 cm³/mol. The lowest BCUT2D eigenvalue weighted by molar-refractivity contribution is -0.130. The third kappa shape index (κ3) is 5.51. The Morgan fingerprint density at radius 1 is 1.02 bits per heavy atom. The lowest BCUT2D eigenvalue weighted by Crippen LogP contribution is -2.29. The summed E-state index contributed by atoms with van der Waals surface area (Å²) in [5, 5.41) is 6.48. The van der Waals surface area contributed by atoms with Crippen molar-refractivity contribution < 1.29 is 18.3 Å². The van der Waals surface area contributed by atoms with E-state index < -0.39 is 11.9 Å². The molecule has 1 unspecified atom stereocenters. The fourth-order valence-corrected chi connectivity index (χ4v) is 6.75. The number of nitrogens with zero attached hydrogens (tertiary/aromatic N) is 4. The van der Waals surface area contributed by atoms with Crippen LogP contribution in [0.4, 0.5) is 8.78 Å². The summed E-state index contributed by atoms with van der Waals surface area (Å²) in [5.74, 6) is 0.347. The Bertz CT molecular complexity index is 1690. The highest BCUT2D eigenvalue weighted by Crippen LogP contribution is 2.35. The zero-order valence-electron chi connectivity index (χ0n) is 21.9. The molecule has 0 saturated heterocycles. The molecule has 208 valence electrons. The zero-order chi connectivity index (χ0) is 28.5. The number of carbonyl (C=O) groups excluding carboxylic acids is 1. The zero-order valence-corrected chi connectivity index (χ0v) is 23.6. The molecule has 3 heterocycles. The largest absolute Gasteiger partial charge is 0.497 e. The van der Waals surface area contributed by atoms with E-state index in [1.54, 1.807) is 19.2 Å². The molecular weight excluding hydrogens is 566 g/mol. The Morgan fingerprint density at radius 2 is 1.71 bits per heavy atom. The van der Waals surface area contributed by atoms with Gasteiger partial charge in [-0.25, -0.2) is 18.8 Å². The van der Waals surface area contributed by atoms with Crippen LogP contribution in [0.3, 0.4) is 0 Å².